The molecule has 0 aliphatic carbocycles. The third kappa shape index (κ3) is 4.07. The first-order chi connectivity index (χ1) is 13.4. The lowest BCUT2D eigenvalue weighted by Crippen LogP contribution is -2.20. The zero-order valence-corrected chi connectivity index (χ0v) is 16.9. The Balaban J connectivity index is 1.99. The fourth-order valence-electron chi connectivity index (χ4n) is 3.28. The molecule has 5 nitrogen and oxygen atoms in total. The Morgan fingerprint density at radius 1 is 1.11 bits per heavy atom. The average molecular weight is 394 g/mol. The molecule has 0 aromatic heterocycles. The molecule has 3 rings (SSSR count). The molecule has 0 heterocycles. The Morgan fingerprint density at radius 2 is 1.79 bits per heavy atom. The molecule has 3 aromatic carbocycles. The number of thiocarbonyl (C=S) groups is 1. The van der Waals surface area contributed by atoms with Gasteiger partial charge in [0, 0.05) is 11.4 Å². The number of amides is 1. The normalized spacial score (nSPS) is 10.5. The molecule has 0 spiro atoms. The number of carbonyl (C=O) groups is 1. The van der Waals surface area contributed by atoms with Crippen LogP contribution in [-0.2, 0) is 6.42 Å². The van der Waals surface area contributed by atoms with Gasteiger partial charge in [-0.15, -0.1) is 0 Å². The highest BCUT2D eigenvalue weighted by molar-refractivity contribution is 7.80. The quantitative estimate of drug-likeness (QED) is 0.551. The molecule has 6 heteroatoms. The smallest absolute Gasteiger partial charge is 0.259 e. The van der Waals surface area contributed by atoms with E-state index in [2.05, 4.69) is 10.6 Å². The Hall–Kier alpha value is -3.12. The zero-order chi connectivity index (χ0) is 20.3. The minimum Gasteiger partial charge on any atom is -0.496 e. The number of methoxy groups -OCH3 is 1. The Bertz CT molecular complexity index is 1060. The van der Waals surface area contributed by atoms with Gasteiger partial charge < -0.3 is 21.1 Å². The molecule has 0 saturated carbocycles. The van der Waals surface area contributed by atoms with Gasteiger partial charge >= 0.3 is 0 Å². The van der Waals surface area contributed by atoms with Gasteiger partial charge in [-0.1, -0.05) is 31.2 Å². The van der Waals surface area contributed by atoms with Gasteiger partial charge in [-0.3, -0.25) is 4.79 Å². The van der Waals surface area contributed by atoms with E-state index in [1.54, 1.807) is 7.11 Å². The minimum absolute atomic E-state index is 0.208. The molecule has 0 unspecified atom stereocenters. The van der Waals surface area contributed by atoms with Crippen molar-refractivity contribution in [3.05, 3.63) is 65.2 Å². The van der Waals surface area contributed by atoms with E-state index in [1.807, 2.05) is 62.4 Å². The molecule has 3 aromatic rings. The van der Waals surface area contributed by atoms with Gasteiger partial charge in [0.05, 0.1) is 12.7 Å². The molecule has 0 saturated heterocycles. The lowest BCUT2D eigenvalue weighted by molar-refractivity contribution is 0.102. The number of aryl methyl sites for hydroxylation is 2. The lowest BCUT2D eigenvalue weighted by atomic mass is 10.0. The van der Waals surface area contributed by atoms with Gasteiger partial charge in [0.25, 0.3) is 5.91 Å². The van der Waals surface area contributed by atoms with Crippen LogP contribution in [0.5, 0.6) is 5.75 Å². The largest absolute Gasteiger partial charge is 0.496 e. The number of hydrogen-bond donors (Lipinski definition) is 3. The van der Waals surface area contributed by atoms with Crippen molar-refractivity contribution in [3.8, 4) is 5.75 Å². The van der Waals surface area contributed by atoms with E-state index >= 15 is 0 Å². The molecule has 0 atom stereocenters. The van der Waals surface area contributed by atoms with Crippen LogP contribution >= 0.6 is 12.2 Å². The summed E-state index contributed by atoms with van der Waals surface area (Å²) in [5, 5.41) is 8.22. The highest BCUT2D eigenvalue weighted by Gasteiger charge is 2.17. The predicted molar refractivity (Wildman–Crippen MR) is 119 cm³/mol. The minimum atomic E-state index is -0.213. The number of anilines is 2. The third-order valence-corrected chi connectivity index (χ3v) is 4.72. The summed E-state index contributed by atoms with van der Waals surface area (Å²) < 4.78 is 5.46. The van der Waals surface area contributed by atoms with Crippen LogP contribution in [0, 0.1) is 6.92 Å². The molecule has 4 N–H and O–H groups in total. The zero-order valence-electron chi connectivity index (χ0n) is 16.1. The molecule has 28 heavy (non-hydrogen) atoms. The van der Waals surface area contributed by atoms with E-state index in [0.717, 1.165) is 39.7 Å². The van der Waals surface area contributed by atoms with Gasteiger partial charge in [-0.25, -0.2) is 0 Å². The van der Waals surface area contributed by atoms with Crippen LogP contribution in [0.15, 0.2) is 48.5 Å². The molecule has 0 fully saturated rings. The summed E-state index contributed by atoms with van der Waals surface area (Å²) in [6.45, 7) is 3.97. The number of benzene rings is 3. The second-order valence-corrected chi connectivity index (χ2v) is 6.96. The van der Waals surface area contributed by atoms with Crippen molar-refractivity contribution >= 4 is 45.4 Å². The Kier molecular flexibility index (Phi) is 5.80. The van der Waals surface area contributed by atoms with Crippen molar-refractivity contribution < 1.29 is 9.53 Å². The molecular weight excluding hydrogens is 370 g/mol. The van der Waals surface area contributed by atoms with Gasteiger partial charge in [0.15, 0.2) is 5.11 Å². The monoisotopic (exact) mass is 393 g/mol. The molecule has 0 radical (unpaired) electrons. The summed E-state index contributed by atoms with van der Waals surface area (Å²) in [7, 11) is 1.57. The first kappa shape index (κ1) is 19.6. The number of nitrogens with one attached hydrogen (secondary N) is 2. The van der Waals surface area contributed by atoms with Gasteiger partial charge in [0.2, 0.25) is 0 Å². The van der Waals surface area contributed by atoms with E-state index in [1.165, 1.54) is 0 Å². The van der Waals surface area contributed by atoms with Gasteiger partial charge in [0.1, 0.15) is 5.75 Å². The van der Waals surface area contributed by atoms with E-state index in [0.29, 0.717) is 11.3 Å². The first-order valence-electron chi connectivity index (χ1n) is 9.01. The highest BCUT2D eigenvalue weighted by Crippen LogP contribution is 2.30. The topological polar surface area (TPSA) is 76.4 Å². The van der Waals surface area contributed by atoms with E-state index in [-0.39, 0.29) is 11.0 Å². The summed E-state index contributed by atoms with van der Waals surface area (Å²) in [5.74, 6) is 0.328. The average Bonchev–Trinajstić information content (AvgIpc) is 2.68. The highest BCUT2D eigenvalue weighted by atomic mass is 32.1. The standard InChI is InChI=1S/C22H23N3O2S/c1-4-14-10-17(24-22(23)28)9-13(2)20(14)25-21(26)18-11-15-7-5-6-8-16(15)12-19(18)27-3/h5-12H,4H2,1-3H3,(H,25,26)(H3,23,24,28). The number of ether oxygens (including phenoxy) is 1. The van der Waals surface area contributed by atoms with Crippen LogP contribution in [0.2, 0.25) is 0 Å². The van der Waals surface area contributed by atoms with Crippen LogP contribution in [0.4, 0.5) is 11.4 Å². The van der Waals surface area contributed by atoms with Crippen molar-refractivity contribution in [2.45, 2.75) is 20.3 Å². The summed E-state index contributed by atoms with van der Waals surface area (Å²) in [6.07, 6.45) is 0.748. The lowest BCUT2D eigenvalue weighted by Gasteiger charge is -2.17. The summed E-state index contributed by atoms with van der Waals surface area (Å²) in [5.41, 5.74) is 9.58. The van der Waals surface area contributed by atoms with Crippen LogP contribution in [0.3, 0.4) is 0 Å². The molecule has 144 valence electrons. The predicted octanol–water partition coefficient (Wildman–Crippen LogP) is 4.63. The SMILES string of the molecule is CCc1cc(NC(N)=S)cc(C)c1NC(=O)c1cc2ccccc2cc1OC. The van der Waals surface area contributed by atoms with Crippen molar-refractivity contribution in [1.82, 2.24) is 0 Å². The Morgan fingerprint density at radius 3 is 2.39 bits per heavy atom. The molecule has 1 amide bonds. The Labute approximate surface area is 169 Å². The van der Waals surface area contributed by atoms with Crippen molar-refractivity contribution in [1.29, 1.82) is 0 Å². The summed E-state index contributed by atoms with van der Waals surface area (Å²) in [4.78, 5) is 13.1. The van der Waals surface area contributed by atoms with Crippen molar-refractivity contribution in [3.63, 3.8) is 0 Å². The maximum absolute atomic E-state index is 13.1. The van der Waals surface area contributed by atoms with Gasteiger partial charge in [-0.05, 0) is 71.7 Å². The van der Waals surface area contributed by atoms with E-state index in [4.69, 9.17) is 22.7 Å². The second kappa shape index (κ2) is 8.27. The number of rotatable bonds is 5. The summed E-state index contributed by atoms with van der Waals surface area (Å²) in [6, 6.07) is 15.5. The molecular formula is C22H23N3O2S. The van der Waals surface area contributed by atoms with Crippen LogP contribution in [-0.4, -0.2) is 18.1 Å². The fourth-order valence-corrected chi connectivity index (χ4v) is 3.40. The van der Waals surface area contributed by atoms with Crippen LogP contribution in [0.1, 0.15) is 28.4 Å². The number of hydrogen-bond acceptors (Lipinski definition) is 3. The molecule has 0 aliphatic heterocycles. The van der Waals surface area contributed by atoms with E-state index < -0.39 is 0 Å². The molecule has 0 aliphatic rings. The van der Waals surface area contributed by atoms with E-state index in [9.17, 15) is 4.79 Å². The number of fused-ring (bicyclic) bond motifs is 1. The fraction of sp³-hybridized carbons (Fsp3) is 0.182. The van der Waals surface area contributed by atoms with Crippen molar-refractivity contribution in [2.24, 2.45) is 5.73 Å². The summed E-state index contributed by atoms with van der Waals surface area (Å²) >= 11 is 4.92. The van der Waals surface area contributed by atoms with Crippen LogP contribution < -0.4 is 21.1 Å². The van der Waals surface area contributed by atoms with Crippen LogP contribution in [0.25, 0.3) is 10.8 Å². The number of carbonyl (C=O) groups excluding carboxylic acids is 1. The third-order valence-electron chi connectivity index (χ3n) is 4.62. The second-order valence-electron chi connectivity index (χ2n) is 6.52. The maximum Gasteiger partial charge on any atom is 0.259 e. The molecule has 0 bridgehead atoms. The van der Waals surface area contributed by atoms with Gasteiger partial charge in [-0.2, -0.15) is 0 Å². The number of nitrogens with two attached hydrogens (primary N) is 1. The maximum atomic E-state index is 13.1. The van der Waals surface area contributed by atoms with Crippen molar-refractivity contribution in [2.75, 3.05) is 17.7 Å². The first-order valence-corrected chi connectivity index (χ1v) is 9.41.